The lowest BCUT2D eigenvalue weighted by Crippen LogP contribution is -2.56. The maximum atomic E-state index is 13.7. The van der Waals surface area contributed by atoms with Crippen molar-refractivity contribution < 1.29 is 40.7 Å². The third-order valence-electron chi connectivity index (χ3n) is 8.22. The second-order valence-corrected chi connectivity index (χ2v) is 11.7. The van der Waals surface area contributed by atoms with E-state index in [0.717, 1.165) is 36.0 Å². The van der Waals surface area contributed by atoms with Gasteiger partial charge >= 0.3 is 12.4 Å². The van der Waals surface area contributed by atoms with Crippen molar-refractivity contribution in [2.24, 2.45) is 5.16 Å². The first-order chi connectivity index (χ1) is 21.9. The molecule has 2 aliphatic heterocycles. The van der Waals surface area contributed by atoms with Gasteiger partial charge in [0, 0.05) is 57.4 Å². The van der Waals surface area contributed by atoms with Crippen LogP contribution < -0.4 is 0 Å². The monoisotopic (exact) mass is 650 g/mol. The van der Waals surface area contributed by atoms with E-state index < -0.39 is 41.0 Å². The highest BCUT2D eigenvalue weighted by Gasteiger charge is 2.39. The molecule has 1 atom stereocenters. The average Bonchev–Trinajstić information content (AvgIpc) is 3.02. The third-order valence-corrected chi connectivity index (χ3v) is 8.22. The van der Waals surface area contributed by atoms with E-state index in [1.807, 2.05) is 49.4 Å². The van der Waals surface area contributed by atoms with Crippen LogP contribution >= 0.6 is 0 Å². The zero-order valence-electron chi connectivity index (χ0n) is 25.4. The second-order valence-electron chi connectivity index (χ2n) is 11.7. The number of hydrogen-bond acceptors (Lipinski definition) is 6. The molecule has 0 aromatic heterocycles. The molecule has 0 aliphatic carbocycles. The summed E-state index contributed by atoms with van der Waals surface area (Å²) in [5.74, 6) is -0.876. The van der Waals surface area contributed by atoms with Crippen molar-refractivity contribution in [1.82, 2.24) is 14.7 Å². The van der Waals surface area contributed by atoms with Crippen molar-refractivity contribution in [3.05, 3.63) is 82.9 Å². The van der Waals surface area contributed by atoms with Gasteiger partial charge in [-0.05, 0) is 47.9 Å². The van der Waals surface area contributed by atoms with Crippen LogP contribution in [0, 0.1) is 0 Å². The Hall–Kier alpha value is -3.68. The Labute approximate surface area is 263 Å². The first-order valence-corrected chi connectivity index (χ1v) is 15.1. The molecule has 46 heavy (non-hydrogen) atoms. The maximum absolute atomic E-state index is 13.7. The van der Waals surface area contributed by atoms with Gasteiger partial charge in [-0.3, -0.25) is 14.6 Å². The van der Waals surface area contributed by atoms with Gasteiger partial charge < -0.3 is 14.5 Å². The molecule has 3 aromatic carbocycles. The van der Waals surface area contributed by atoms with Crippen LogP contribution in [0.4, 0.5) is 26.3 Å². The minimum absolute atomic E-state index is 0.0341. The zero-order valence-corrected chi connectivity index (χ0v) is 25.4. The molecule has 5 rings (SSSR count). The summed E-state index contributed by atoms with van der Waals surface area (Å²) >= 11 is 0. The van der Waals surface area contributed by atoms with Crippen LogP contribution in [0.15, 0.2) is 65.8 Å². The van der Waals surface area contributed by atoms with Crippen molar-refractivity contribution in [1.29, 1.82) is 0 Å². The van der Waals surface area contributed by atoms with Crippen LogP contribution in [0.2, 0.25) is 0 Å². The minimum Gasteiger partial charge on any atom is -0.394 e. The van der Waals surface area contributed by atoms with Crippen molar-refractivity contribution in [2.45, 2.75) is 31.7 Å². The molecule has 2 aliphatic rings. The molecule has 2 fully saturated rings. The largest absolute Gasteiger partial charge is 0.416 e. The number of hydrogen-bond donors (Lipinski definition) is 0. The van der Waals surface area contributed by atoms with Crippen LogP contribution in [-0.2, 0) is 28.3 Å². The van der Waals surface area contributed by atoms with Crippen LogP contribution in [-0.4, -0.2) is 98.0 Å². The number of ether oxygens (including phenoxy) is 1. The topological polar surface area (TPSA) is 57.6 Å². The quantitative estimate of drug-likeness (QED) is 0.124. The van der Waals surface area contributed by atoms with Crippen LogP contribution in [0.1, 0.15) is 34.0 Å². The van der Waals surface area contributed by atoms with E-state index in [9.17, 15) is 31.1 Å². The van der Waals surface area contributed by atoms with E-state index in [2.05, 4.69) is 15.0 Å². The van der Waals surface area contributed by atoms with Gasteiger partial charge in [-0.1, -0.05) is 47.6 Å². The number of piperazine rings is 1. The fraction of sp³-hybridized carbons (Fsp3) is 0.455. The summed E-state index contributed by atoms with van der Waals surface area (Å²) in [6.45, 7) is 7.25. The molecule has 0 radical (unpaired) electrons. The smallest absolute Gasteiger partial charge is 0.394 e. The molecular weight excluding hydrogens is 614 g/mol. The lowest BCUT2D eigenvalue weighted by molar-refractivity contribution is -0.143. The van der Waals surface area contributed by atoms with Crippen molar-refractivity contribution in [3.63, 3.8) is 0 Å². The summed E-state index contributed by atoms with van der Waals surface area (Å²) in [6, 6.07) is 14.1. The standard InChI is InChI=1S/C33H36F6N4O3/c1-23(40-46-15-12-41-10-13-45-14-11-41)21-42-8-9-43(30(22-42)17-24-6-7-25-4-2-3-5-26(25)16-24)31(44)27-18-28(32(34,35)36)20-29(19-27)33(37,38)39/h2-7,16,18-20,30H,8-15,17,21-22H2,1H3. The SMILES string of the molecule is CC(CN1CCN(C(=O)c2cc(C(F)(F)F)cc(C(F)(F)F)c2)C(Cc2ccc3ccccc3c2)C1)=NOCCN1CCOCC1. The fourth-order valence-electron chi connectivity index (χ4n) is 5.89. The van der Waals surface area contributed by atoms with Gasteiger partial charge in [0.2, 0.25) is 0 Å². The number of oxime groups is 1. The van der Waals surface area contributed by atoms with E-state index in [1.165, 1.54) is 4.90 Å². The Morgan fingerprint density at radius 3 is 2.22 bits per heavy atom. The lowest BCUT2D eigenvalue weighted by atomic mass is 9.97. The van der Waals surface area contributed by atoms with Gasteiger partial charge in [0.1, 0.15) is 6.61 Å². The molecular formula is C33H36F6N4O3. The van der Waals surface area contributed by atoms with Crippen LogP contribution in [0.5, 0.6) is 0 Å². The number of amides is 1. The molecule has 3 aromatic rings. The summed E-state index contributed by atoms with van der Waals surface area (Å²) in [5, 5.41) is 6.24. The first kappa shape index (κ1) is 33.7. The minimum atomic E-state index is -5.05. The van der Waals surface area contributed by atoms with Gasteiger partial charge in [-0.25, -0.2) is 0 Å². The first-order valence-electron chi connectivity index (χ1n) is 15.1. The molecule has 0 bridgehead atoms. The molecule has 2 saturated heterocycles. The van der Waals surface area contributed by atoms with Gasteiger partial charge in [-0.2, -0.15) is 26.3 Å². The van der Waals surface area contributed by atoms with Gasteiger partial charge in [0.25, 0.3) is 5.91 Å². The predicted octanol–water partition coefficient (Wildman–Crippen LogP) is 5.97. The Morgan fingerprint density at radius 2 is 1.54 bits per heavy atom. The fourth-order valence-corrected chi connectivity index (χ4v) is 5.89. The van der Waals surface area contributed by atoms with Crippen LogP contribution in [0.25, 0.3) is 10.8 Å². The molecule has 2 heterocycles. The van der Waals surface area contributed by atoms with Gasteiger partial charge in [-0.15, -0.1) is 0 Å². The molecule has 7 nitrogen and oxygen atoms in total. The maximum Gasteiger partial charge on any atom is 0.416 e. The van der Waals surface area contributed by atoms with Crippen molar-refractivity contribution in [2.75, 3.05) is 65.6 Å². The van der Waals surface area contributed by atoms with E-state index in [0.29, 0.717) is 63.7 Å². The summed E-state index contributed by atoms with van der Waals surface area (Å²) < 4.78 is 86.9. The van der Waals surface area contributed by atoms with E-state index in [4.69, 9.17) is 9.57 Å². The van der Waals surface area contributed by atoms with E-state index in [1.54, 1.807) is 0 Å². The number of carbonyl (C=O) groups excluding carboxylic acids is 1. The van der Waals surface area contributed by atoms with E-state index in [-0.39, 0.29) is 12.6 Å². The molecule has 0 N–H and O–H groups in total. The average molecular weight is 651 g/mol. The number of alkyl halides is 6. The second kappa shape index (κ2) is 14.4. The third kappa shape index (κ3) is 8.77. The summed E-state index contributed by atoms with van der Waals surface area (Å²) in [4.78, 5) is 24.9. The lowest BCUT2D eigenvalue weighted by Gasteiger charge is -2.41. The number of fused-ring (bicyclic) bond motifs is 1. The van der Waals surface area contributed by atoms with E-state index >= 15 is 0 Å². The Morgan fingerprint density at radius 1 is 0.870 bits per heavy atom. The number of benzene rings is 3. The van der Waals surface area contributed by atoms with Gasteiger partial charge in [0.15, 0.2) is 0 Å². The normalized spacial score (nSPS) is 19.1. The highest BCUT2D eigenvalue weighted by molar-refractivity contribution is 5.95. The van der Waals surface area contributed by atoms with Crippen LogP contribution in [0.3, 0.4) is 0 Å². The van der Waals surface area contributed by atoms with Crippen molar-refractivity contribution in [3.8, 4) is 0 Å². The highest BCUT2D eigenvalue weighted by Crippen LogP contribution is 2.37. The van der Waals surface area contributed by atoms with Gasteiger partial charge in [0.05, 0.1) is 30.1 Å². The Balaban J connectivity index is 1.34. The number of halogens is 6. The number of rotatable bonds is 9. The number of carbonyl (C=O) groups is 1. The molecule has 13 heteroatoms. The molecule has 1 amide bonds. The summed E-state index contributed by atoms with van der Waals surface area (Å²) in [6.07, 6.45) is -9.76. The predicted molar refractivity (Wildman–Crippen MR) is 162 cm³/mol. The summed E-state index contributed by atoms with van der Waals surface area (Å²) in [7, 11) is 0. The zero-order chi connectivity index (χ0) is 32.9. The molecule has 0 spiro atoms. The number of nitrogens with zero attached hydrogens (tertiary/aromatic N) is 4. The highest BCUT2D eigenvalue weighted by atomic mass is 19.4. The number of morpholine rings is 1. The Bertz CT molecular complexity index is 1510. The molecule has 248 valence electrons. The molecule has 0 saturated carbocycles. The Kier molecular flexibility index (Phi) is 10.5. The summed E-state index contributed by atoms with van der Waals surface area (Å²) in [5.41, 5.74) is -2.09. The molecule has 1 unspecified atom stereocenters. The van der Waals surface area contributed by atoms with Crippen molar-refractivity contribution >= 4 is 22.4 Å².